The summed E-state index contributed by atoms with van der Waals surface area (Å²) in [7, 11) is 0.974. The SMILES string of the molecule is COB(OC(C)(C)C)OC(C)(C)C. The van der Waals surface area contributed by atoms with Crippen LogP contribution < -0.4 is 0 Å². The second-order valence-electron chi connectivity index (χ2n) is 4.98. The summed E-state index contributed by atoms with van der Waals surface area (Å²) in [6, 6.07) is 0. The Balaban J connectivity index is 4.05. The van der Waals surface area contributed by atoms with Gasteiger partial charge in [0, 0.05) is 18.3 Å². The zero-order valence-electron chi connectivity index (χ0n) is 9.80. The summed E-state index contributed by atoms with van der Waals surface area (Å²) in [5.41, 5.74) is -0.516. The minimum Gasteiger partial charge on any atom is -0.389 e. The molecule has 0 aromatic carbocycles. The molecule has 0 radical (unpaired) electrons. The molecule has 3 nitrogen and oxygen atoms in total. The number of hydrogen-bond acceptors (Lipinski definition) is 3. The molecule has 0 bridgehead atoms. The first-order valence-corrected chi connectivity index (χ1v) is 4.52. The Bertz CT molecular complexity index is 130. The molecule has 0 saturated carbocycles. The lowest BCUT2D eigenvalue weighted by atomic mass is 10.1. The van der Waals surface area contributed by atoms with Gasteiger partial charge in [-0.1, -0.05) is 0 Å². The van der Waals surface area contributed by atoms with Crippen molar-refractivity contribution in [1.82, 2.24) is 0 Å². The molecular weight excluding hydrogens is 167 g/mol. The molecule has 0 aromatic heterocycles. The molecule has 0 aromatic rings. The van der Waals surface area contributed by atoms with Crippen LogP contribution >= 0.6 is 0 Å². The highest BCUT2D eigenvalue weighted by Crippen LogP contribution is 2.15. The van der Waals surface area contributed by atoms with Gasteiger partial charge in [-0.25, -0.2) is 0 Å². The molecule has 0 aliphatic carbocycles. The minimum atomic E-state index is -0.597. The van der Waals surface area contributed by atoms with Crippen molar-refractivity contribution in [3.05, 3.63) is 0 Å². The summed E-state index contributed by atoms with van der Waals surface area (Å²) in [6.45, 7) is 11.8. The fourth-order valence-corrected chi connectivity index (χ4v) is 0.698. The van der Waals surface area contributed by atoms with Gasteiger partial charge in [0.25, 0.3) is 0 Å². The quantitative estimate of drug-likeness (QED) is 0.635. The van der Waals surface area contributed by atoms with E-state index in [1.807, 2.05) is 41.5 Å². The van der Waals surface area contributed by atoms with Crippen molar-refractivity contribution in [3.63, 3.8) is 0 Å². The molecule has 13 heavy (non-hydrogen) atoms. The third-order valence-corrected chi connectivity index (χ3v) is 1.09. The Kier molecular flexibility index (Phi) is 4.42. The van der Waals surface area contributed by atoms with Crippen molar-refractivity contribution in [2.75, 3.05) is 7.11 Å². The van der Waals surface area contributed by atoms with Crippen LogP contribution in [0.1, 0.15) is 41.5 Å². The van der Waals surface area contributed by atoms with Crippen LogP contribution in [-0.2, 0) is 14.0 Å². The van der Waals surface area contributed by atoms with Crippen molar-refractivity contribution in [3.8, 4) is 0 Å². The van der Waals surface area contributed by atoms with E-state index >= 15 is 0 Å². The van der Waals surface area contributed by atoms with Gasteiger partial charge in [0.05, 0.1) is 0 Å². The highest BCUT2D eigenvalue weighted by atomic mass is 16.7. The van der Waals surface area contributed by atoms with Crippen molar-refractivity contribution < 1.29 is 14.0 Å². The molecular formula is C9H21BO3. The fourth-order valence-electron chi connectivity index (χ4n) is 0.698. The first kappa shape index (κ1) is 12.9. The monoisotopic (exact) mass is 188 g/mol. The van der Waals surface area contributed by atoms with Gasteiger partial charge in [-0.05, 0) is 41.5 Å². The van der Waals surface area contributed by atoms with Gasteiger partial charge < -0.3 is 14.0 Å². The molecule has 0 spiro atoms. The molecule has 0 heterocycles. The number of hydrogen-bond donors (Lipinski definition) is 0. The third-order valence-electron chi connectivity index (χ3n) is 1.09. The van der Waals surface area contributed by atoms with Crippen LogP contribution in [0.2, 0.25) is 0 Å². The van der Waals surface area contributed by atoms with E-state index in [2.05, 4.69) is 0 Å². The molecule has 0 aliphatic rings. The maximum absolute atomic E-state index is 5.52. The smallest absolute Gasteiger partial charge is 0.389 e. The lowest BCUT2D eigenvalue weighted by Gasteiger charge is -2.28. The van der Waals surface area contributed by atoms with Crippen LogP contribution in [0.25, 0.3) is 0 Å². The second kappa shape index (κ2) is 4.44. The molecule has 0 atom stereocenters. The minimum absolute atomic E-state index is 0.258. The molecule has 78 valence electrons. The molecule has 0 unspecified atom stereocenters. The Hall–Kier alpha value is -0.0551. The zero-order valence-corrected chi connectivity index (χ0v) is 9.80. The van der Waals surface area contributed by atoms with Crippen LogP contribution in [0.3, 0.4) is 0 Å². The van der Waals surface area contributed by atoms with Crippen LogP contribution in [0.5, 0.6) is 0 Å². The van der Waals surface area contributed by atoms with Gasteiger partial charge >= 0.3 is 7.32 Å². The van der Waals surface area contributed by atoms with E-state index in [0.717, 1.165) is 0 Å². The Labute approximate surface area is 81.9 Å². The van der Waals surface area contributed by atoms with E-state index in [1.165, 1.54) is 0 Å². The summed E-state index contributed by atoms with van der Waals surface area (Å²) in [4.78, 5) is 0. The molecule has 0 aliphatic heterocycles. The van der Waals surface area contributed by atoms with Crippen LogP contribution in [0, 0.1) is 0 Å². The highest BCUT2D eigenvalue weighted by molar-refractivity contribution is 6.36. The van der Waals surface area contributed by atoms with Crippen LogP contribution in [-0.4, -0.2) is 25.6 Å². The van der Waals surface area contributed by atoms with E-state index in [9.17, 15) is 0 Å². The largest absolute Gasteiger partial charge is 0.639 e. The van der Waals surface area contributed by atoms with Crippen molar-refractivity contribution in [1.29, 1.82) is 0 Å². The zero-order chi connectivity index (χ0) is 10.7. The van der Waals surface area contributed by atoms with Crippen molar-refractivity contribution >= 4 is 7.32 Å². The molecule has 0 amide bonds. The predicted octanol–water partition coefficient (Wildman–Crippen LogP) is 2.25. The first-order chi connectivity index (χ1) is 5.64. The van der Waals surface area contributed by atoms with Crippen molar-refractivity contribution in [2.45, 2.75) is 52.7 Å². The van der Waals surface area contributed by atoms with E-state index in [-0.39, 0.29) is 11.2 Å². The molecule has 0 rings (SSSR count). The summed E-state index contributed by atoms with van der Waals surface area (Å²) < 4.78 is 16.1. The van der Waals surface area contributed by atoms with Gasteiger partial charge in [0.15, 0.2) is 0 Å². The predicted molar refractivity (Wildman–Crippen MR) is 54.4 cm³/mol. The first-order valence-electron chi connectivity index (χ1n) is 4.52. The normalized spacial score (nSPS) is 13.2. The average molecular weight is 188 g/mol. The van der Waals surface area contributed by atoms with Gasteiger partial charge in [0.1, 0.15) is 0 Å². The van der Waals surface area contributed by atoms with Crippen LogP contribution in [0.4, 0.5) is 0 Å². The van der Waals surface area contributed by atoms with E-state index in [0.29, 0.717) is 0 Å². The molecule has 0 saturated heterocycles. The van der Waals surface area contributed by atoms with Crippen molar-refractivity contribution in [2.24, 2.45) is 0 Å². The maximum atomic E-state index is 5.52. The molecule has 0 fully saturated rings. The fraction of sp³-hybridized carbons (Fsp3) is 1.00. The summed E-state index contributed by atoms with van der Waals surface area (Å²) in [6.07, 6.45) is 0. The lowest BCUT2D eigenvalue weighted by Crippen LogP contribution is -2.40. The van der Waals surface area contributed by atoms with Gasteiger partial charge in [-0.2, -0.15) is 0 Å². The lowest BCUT2D eigenvalue weighted by molar-refractivity contribution is -0.0109. The standard InChI is InChI=1S/C9H21BO3/c1-8(2,3)12-10(11-7)13-9(4,5)6/h1-7H3. The van der Waals surface area contributed by atoms with Gasteiger partial charge in [-0.15, -0.1) is 0 Å². The third kappa shape index (κ3) is 8.28. The molecule has 0 N–H and O–H groups in total. The van der Waals surface area contributed by atoms with E-state index in [4.69, 9.17) is 14.0 Å². The highest BCUT2D eigenvalue weighted by Gasteiger charge is 2.31. The Morgan fingerprint density at radius 3 is 1.23 bits per heavy atom. The topological polar surface area (TPSA) is 27.7 Å². The number of rotatable bonds is 3. The average Bonchev–Trinajstić information content (AvgIpc) is 1.79. The van der Waals surface area contributed by atoms with E-state index < -0.39 is 7.32 Å². The van der Waals surface area contributed by atoms with Crippen LogP contribution in [0.15, 0.2) is 0 Å². The maximum Gasteiger partial charge on any atom is 0.639 e. The summed E-state index contributed by atoms with van der Waals surface area (Å²) in [5, 5.41) is 0. The summed E-state index contributed by atoms with van der Waals surface area (Å²) >= 11 is 0. The summed E-state index contributed by atoms with van der Waals surface area (Å²) in [5.74, 6) is 0. The Morgan fingerprint density at radius 1 is 0.769 bits per heavy atom. The van der Waals surface area contributed by atoms with Gasteiger partial charge in [0.2, 0.25) is 0 Å². The van der Waals surface area contributed by atoms with Gasteiger partial charge in [-0.3, -0.25) is 0 Å². The van der Waals surface area contributed by atoms with E-state index in [1.54, 1.807) is 7.11 Å². The Morgan fingerprint density at radius 2 is 1.08 bits per heavy atom. The second-order valence-corrected chi connectivity index (χ2v) is 4.98. The molecule has 4 heteroatoms.